The van der Waals surface area contributed by atoms with Crippen molar-refractivity contribution < 1.29 is 9.53 Å². The summed E-state index contributed by atoms with van der Waals surface area (Å²) in [5.74, 6) is -0.282. The van der Waals surface area contributed by atoms with Crippen LogP contribution in [0.4, 0.5) is 0 Å². The highest BCUT2D eigenvalue weighted by Crippen LogP contribution is 2.39. The zero-order chi connectivity index (χ0) is 15.8. The van der Waals surface area contributed by atoms with Crippen LogP contribution in [-0.4, -0.2) is 5.97 Å². The summed E-state index contributed by atoms with van der Waals surface area (Å²) in [7, 11) is 0. The van der Waals surface area contributed by atoms with Gasteiger partial charge in [0.2, 0.25) is 0 Å². The van der Waals surface area contributed by atoms with Gasteiger partial charge in [0.15, 0.2) is 0 Å². The molecule has 0 saturated heterocycles. The third-order valence-electron chi connectivity index (χ3n) is 4.41. The van der Waals surface area contributed by atoms with Crippen LogP contribution in [-0.2, 0) is 11.2 Å². The molecular weight excluding hydrogens is 284 g/mol. The third-order valence-corrected chi connectivity index (χ3v) is 4.41. The third kappa shape index (κ3) is 2.33. The molecule has 2 heteroatoms. The van der Waals surface area contributed by atoms with Crippen LogP contribution in [0, 0.1) is 0 Å². The van der Waals surface area contributed by atoms with Crippen molar-refractivity contribution in [2.75, 3.05) is 0 Å². The molecule has 0 spiro atoms. The molecular formula is C21H16O2. The lowest BCUT2D eigenvalue weighted by Crippen LogP contribution is -2.11. The first-order valence-electron chi connectivity index (χ1n) is 7.70. The zero-order valence-electron chi connectivity index (χ0n) is 12.7. The number of hydrogen-bond donors (Lipinski definition) is 0. The minimum atomic E-state index is -0.282. The summed E-state index contributed by atoms with van der Waals surface area (Å²) >= 11 is 0. The lowest BCUT2D eigenvalue weighted by atomic mass is 10.1. The van der Waals surface area contributed by atoms with E-state index in [0.29, 0.717) is 5.56 Å². The van der Waals surface area contributed by atoms with Gasteiger partial charge in [0, 0.05) is 12.0 Å². The number of carbonyl (C=O) groups is 1. The average Bonchev–Trinajstić information content (AvgIpc) is 2.95. The summed E-state index contributed by atoms with van der Waals surface area (Å²) in [4.78, 5) is 12.4. The number of ether oxygens (including phenoxy) is 1. The molecule has 0 N–H and O–H groups in total. The molecule has 2 nitrogen and oxygen atoms in total. The highest BCUT2D eigenvalue weighted by molar-refractivity contribution is 5.93. The fourth-order valence-electron chi connectivity index (χ4n) is 3.26. The van der Waals surface area contributed by atoms with E-state index in [1.54, 1.807) is 18.2 Å². The van der Waals surface area contributed by atoms with Crippen LogP contribution < -0.4 is 0 Å². The van der Waals surface area contributed by atoms with Crippen molar-refractivity contribution >= 4 is 22.8 Å². The van der Waals surface area contributed by atoms with E-state index in [4.69, 9.17) is 4.74 Å². The molecule has 1 atom stereocenters. The molecule has 112 valence electrons. The summed E-state index contributed by atoms with van der Waals surface area (Å²) in [5.41, 5.74) is 3.91. The maximum Gasteiger partial charge on any atom is 0.338 e. The molecule has 4 rings (SSSR count). The minimum absolute atomic E-state index is 0.206. The van der Waals surface area contributed by atoms with E-state index in [0.717, 1.165) is 17.5 Å². The van der Waals surface area contributed by atoms with Crippen molar-refractivity contribution in [2.45, 2.75) is 12.5 Å². The number of esters is 1. The fraction of sp³-hybridized carbons (Fsp3) is 0.0952. The largest absolute Gasteiger partial charge is 0.454 e. The van der Waals surface area contributed by atoms with Crippen LogP contribution in [0.3, 0.4) is 0 Å². The fourth-order valence-corrected chi connectivity index (χ4v) is 3.26. The van der Waals surface area contributed by atoms with E-state index in [2.05, 4.69) is 36.9 Å². The van der Waals surface area contributed by atoms with Crippen LogP contribution >= 0.6 is 0 Å². The van der Waals surface area contributed by atoms with Gasteiger partial charge in [0.25, 0.3) is 0 Å². The Kier molecular flexibility index (Phi) is 3.23. The predicted octanol–water partition coefficient (Wildman–Crippen LogP) is 4.94. The second kappa shape index (κ2) is 5.40. The van der Waals surface area contributed by atoms with E-state index in [-0.39, 0.29) is 12.1 Å². The van der Waals surface area contributed by atoms with Crippen molar-refractivity contribution in [3.8, 4) is 0 Å². The molecule has 1 aliphatic carbocycles. The van der Waals surface area contributed by atoms with Gasteiger partial charge in [-0.2, -0.15) is 0 Å². The van der Waals surface area contributed by atoms with Crippen LogP contribution in [0.15, 0.2) is 67.2 Å². The smallest absolute Gasteiger partial charge is 0.338 e. The van der Waals surface area contributed by atoms with Crippen molar-refractivity contribution in [3.63, 3.8) is 0 Å². The van der Waals surface area contributed by atoms with E-state index in [1.807, 2.05) is 18.2 Å². The van der Waals surface area contributed by atoms with Gasteiger partial charge in [0.05, 0.1) is 5.56 Å². The maximum atomic E-state index is 12.4. The first-order chi connectivity index (χ1) is 11.3. The monoisotopic (exact) mass is 300 g/mol. The summed E-state index contributed by atoms with van der Waals surface area (Å²) < 4.78 is 5.78. The van der Waals surface area contributed by atoms with Crippen molar-refractivity contribution in [2.24, 2.45) is 0 Å². The molecule has 0 amide bonds. The first kappa shape index (κ1) is 13.8. The Labute approximate surface area is 135 Å². The predicted molar refractivity (Wildman–Crippen MR) is 92.3 cm³/mol. The number of benzene rings is 3. The van der Waals surface area contributed by atoms with Gasteiger partial charge < -0.3 is 4.74 Å². The second-order valence-electron chi connectivity index (χ2n) is 5.79. The molecule has 0 aromatic heterocycles. The van der Waals surface area contributed by atoms with E-state index in [1.165, 1.54) is 16.3 Å². The van der Waals surface area contributed by atoms with Gasteiger partial charge in [0.1, 0.15) is 6.10 Å². The van der Waals surface area contributed by atoms with Crippen LogP contribution in [0.1, 0.15) is 33.2 Å². The molecule has 0 radical (unpaired) electrons. The second-order valence-corrected chi connectivity index (χ2v) is 5.79. The van der Waals surface area contributed by atoms with Gasteiger partial charge in [-0.15, -0.1) is 0 Å². The SMILES string of the molecule is C=Cc1ccc(C(=O)OC2Cc3cccc4cccc2c34)cc1. The van der Waals surface area contributed by atoms with Crippen LogP contribution in [0.25, 0.3) is 16.8 Å². The Morgan fingerprint density at radius 1 is 1.04 bits per heavy atom. The Morgan fingerprint density at radius 2 is 1.78 bits per heavy atom. The summed E-state index contributed by atoms with van der Waals surface area (Å²) in [5, 5.41) is 2.43. The summed E-state index contributed by atoms with van der Waals surface area (Å²) in [6, 6.07) is 19.7. The highest BCUT2D eigenvalue weighted by atomic mass is 16.5. The van der Waals surface area contributed by atoms with Gasteiger partial charge in [-0.25, -0.2) is 4.79 Å². The quantitative estimate of drug-likeness (QED) is 0.641. The molecule has 1 unspecified atom stereocenters. The molecule has 0 bridgehead atoms. The van der Waals surface area contributed by atoms with Crippen molar-refractivity contribution in [3.05, 3.63) is 89.5 Å². The summed E-state index contributed by atoms with van der Waals surface area (Å²) in [6.07, 6.45) is 2.29. The molecule has 1 aliphatic rings. The van der Waals surface area contributed by atoms with Crippen LogP contribution in [0.2, 0.25) is 0 Å². The van der Waals surface area contributed by atoms with Gasteiger partial charge in [-0.3, -0.25) is 0 Å². The lowest BCUT2D eigenvalue weighted by molar-refractivity contribution is 0.0311. The van der Waals surface area contributed by atoms with Crippen molar-refractivity contribution in [1.29, 1.82) is 0 Å². The first-order valence-corrected chi connectivity index (χ1v) is 7.70. The van der Waals surface area contributed by atoms with Crippen LogP contribution in [0.5, 0.6) is 0 Å². The average molecular weight is 300 g/mol. The molecule has 0 fully saturated rings. The Morgan fingerprint density at radius 3 is 2.52 bits per heavy atom. The van der Waals surface area contributed by atoms with Gasteiger partial charge >= 0.3 is 5.97 Å². The molecule has 0 heterocycles. The standard InChI is InChI=1S/C21H16O2/c1-2-14-9-11-16(12-10-14)21(22)23-19-13-17-7-3-5-15-6-4-8-18(19)20(15)17/h2-12,19H,1,13H2. The summed E-state index contributed by atoms with van der Waals surface area (Å²) in [6.45, 7) is 3.72. The Balaban J connectivity index is 1.62. The van der Waals surface area contributed by atoms with E-state index < -0.39 is 0 Å². The Hall–Kier alpha value is -2.87. The number of rotatable bonds is 3. The normalized spacial score (nSPS) is 15.6. The molecule has 3 aromatic carbocycles. The van der Waals surface area contributed by atoms with E-state index in [9.17, 15) is 4.79 Å². The molecule has 0 saturated carbocycles. The van der Waals surface area contributed by atoms with Gasteiger partial charge in [-0.05, 0) is 34.0 Å². The molecule has 3 aromatic rings. The topological polar surface area (TPSA) is 26.3 Å². The minimum Gasteiger partial charge on any atom is -0.454 e. The Bertz CT molecular complexity index is 902. The number of hydrogen-bond acceptors (Lipinski definition) is 2. The van der Waals surface area contributed by atoms with E-state index >= 15 is 0 Å². The lowest BCUT2D eigenvalue weighted by Gasteiger charge is -2.13. The molecule has 23 heavy (non-hydrogen) atoms. The molecule has 0 aliphatic heterocycles. The van der Waals surface area contributed by atoms with Gasteiger partial charge in [-0.1, -0.05) is 61.2 Å². The highest BCUT2D eigenvalue weighted by Gasteiger charge is 2.27. The maximum absolute atomic E-state index is 12.4. The zero-order valence-corrected chi connectivity index (χ0v) is 12.7. The number of carbonyl (C=O) groups excluding carboxylic acids is 1. The van der Waals surface area contributed by atoms with Crippen molar-refractivity contribution in [1.82, 2.24) is 0 Å².